The van der Waals surface area contributed by atoms with Crippen LogP contribution in [0.5, 0.6) is 11.5 Å². The van der Waals surface area contributed by atoms with Crippen LogP contribution in [0.4, 0.5) is 0 Å². The zero-order valence-electron chi connectivity index (χ0n) is 14.8. The Morgan fingerprint density at radius 1 is 1.30 bits per heavy atom. The number of carbonyl (C=O) groups excluding carboxylic acids is 2. The summed E-state index contributed by atoms with van der Waals surface area (Å²) >= 11 is 1.27. The summed E-state index contributed by atoms with van der Waals surface area (Å²) in [4.78, 5) is 24.9. The molecular weight excluding hydrogens is 394 g/mol. The number of thioether (sulfide) groups is 1. The van der Waals surface area contributed by atoms with Gasteiger partial charge in [-0.1, -0.05) is 0 Å². The second kappa shape index (κ2) is 8.39. The molecule has 0 saturated carbocycles. The van der Waals surface area contributed by atoms with E-state index in [1.807, 2.05) is 6.07 Å². The minimum Gasteiger partial charge on any atom is -0.486 e. The fourth-order valence-electron chi connectivity index (χ4n) is 2.77. The van der Waals surface area contributed by atoms with Crippen molar-refractivity contribution >= 4 is 33.5 Å². The highest BCUT2D eigenvalue weighted by atomic mass is 32.2. The molecule has 1 aromatic carbocycles. The molecule has 0 unspecified atom stereocenters. The summed E-state index contributed by atoms with van der Waals surface area (Å²) < 4.78 is 38.9. The fraction of sp³-hybridized carbons (Fsp3) is 0.529. The Kier molecular flexibility index (Phi) is 6.15. The standard InChI is InChI=1S/C17H21NO7S2/c1-11(17(20)18-12-4-7-27(21,22)10-12)25-16(19)9-26-13-2-3-14-15(8-13)24-6-5-23-14/h2-3,8,11-12H,4-7,9-10H2,1H3,(H,18,20)/t11-,12-/m1/s1. The smallest absolute Gasteiger partial charge is 0.317 e. The lowest BCUT2D eigenvalue weighted by Gasteiger charge is -2.19. The molecule has 0 bridgehead atoms. The topological polar surface area (TPSA) is 108 Å². The zero-order chi connectivity index (χ0) is 19.4. The van der Waals surface area contributed by atoms with E-state index in [4.69, 9.17) is 14.2 Å². The Bertz CT molecular complexity index is 825. The molecule has 10 heteroatoms. The van der Waals surface area contributed by atoms with Gasteiger partial charge in [0.1, 0.15) is 13.2 Å². The molecule has 27 heavy (non-hydrogen) atoms. The third-order valence-corrected chi connectivity index (χ3v) is 6.86. The largest absolute Gasteiger partial charge is 0.486 e. The molecule has 1 N–H and O–H groups in total. The van der Waals surface area contributed by atoms with E-state index >= 15 is 0 Å². The Morgan fingerprint density at radius 3 is 2.74 bits per heavy atom. The SMILES string of the molecule is C[C@@H](OC(=O)CSc1ccc2c(c1)OCCO2)C(=O)N[C@@H]1CCS(=O)(=O)C1. The van der Waals surface area contributed by atoms with Gasteiger partial charge in [-0.3, -0.25) is 9.59 Å². The second-order valence-electron chi connectivity index (χ2n) is 6.33. The Labute approximate surface area is 161 Å². The van der Waals surface area contributed by atoms with Crippen molar-refractivity contribution in [2.75, 3.05) is 30.5 Å². The number of ether oxygens (including phenoxy) is 3. The average molecular weight is 415 g/mol. The lowest BCUT2D eigenvalue weighted by molar-refractivity contribution is -0.152. The van der Waals surface area contributed by atoms with E-state index in [0.29, 0.717) is 31.1 Å². The molecule has 2 heterocycles. The van der Waals surface area contributed by atoms with E-state index < -0.39 is 33.9 Å². The van der Waals surface area contributed by atoms with Gasteiger partial charge in [-0.05, 0) is 31.5 Å². The van der Waals surface area contributed by atoms with Gasteiger partial charge < -0.3 is 19.5 Å². The first-order valence-corrected chi connectivity index (χ1v) is 11.4. The van der Waals surface area contributed by atoms with Crippen LogP contribution in [0.3, 0.4) is 0 Å². The molecule has 0 aromatic heterocycles. The summed E-state index contributed by atoms with van der Waals surface area (Å²) in [5.74, 6) is 0.324. The lowest BCUT2D eigenvalue weighted by Crippen LogP contribution is -2.42. The normalized spacial score (nSPS) is 21.3. The van der Waals surface area contributed by atoms with Crippen LogP contribution in [0.1, 0.15) is 13.3 Å². The van der Waals surface area contributed by atoms with Crippen LogP contribution in [0.25, 0.3) is 0 Å². The first kappa shape index (κ1) is 19.8. The van der Waals surface area contributed by atoms with E-state index in [1.54, 1.807) is 12.1 Å². The van der Waals surface area contributed by atoms with Crippen LogP contribution >= 0.6 is 11.8 Å². The molecule has 148 valence electrons. The van der Waals surface area contributed by atoms with Crippen LogP contribution in [0, 0.1) is 0 Å². The lowest BCUT2D eigenvalue weighted by atomic mass is 10.2. The molecule has 1 fully saturated rings. The van der Waals surface area contributed by atoms with Crippen LogP contribution < -0.4 is 14.8 Å². The third kappa shape index (κ3) is 5.52. The highest BCUT2D eigenvalue weighted by Gasteiger charge is 2.30. The van der Waals surface area contributed by atoms with E-state index in [1.165, 1.54) is 18.7 Å². The minimum absolute atomic E-state index is 0.0368. The minimum atomic E-state index is -3.08. The van der Waals surface area contributed by atoms with Gasteiger partial charge in [0.2, 0.25) is 0 Å². The van der Waals surface area contributed by atoms with Gasteiger partial charge in [0.25, 0.3) is 5.91 Å². The molecule has 0 radical (unpaired) electrons. The first-order chi connectivity index (χ1) is 12.8. The molecule has 1 amide bonds. The molecule has 2 atom stereocenters. The molecule has 0 spiro atoms. The van der Waals surface area contributed by atoms with Crippen molar-refractivity contribution in [3.63, 3.8) is 0 Å². The monoisotopic (exact) mass is 415 g/mol. The summed E-state index contributed by atoms with van der Waals surface area (Å²) in [5.41, 5.74) is 0. The van der Waals surface area contributed by atoms with Gasteiger partial charge in [0.15, 0.2) is 27.4 Å². The number of hydrogen-bond donors (Lipinski definition) is 1. The van der Waals surface area contributed by atoms with Crippen LogP contribution in [-0.4, -0.2) is 62.9 Å². The number of esters is 1. The van der Waals surface area contributed by atoms with Gasteiger partial charge in [-0.2, -0.15) is 0 Å². The zero-order valence-corrected chi connectivity index (χ0v) is 16.4. The van der Waals surface area contributed by atoms with Gasteiger partial charge in [0.05, 0.1) is 17.3 Å². The number of benzene rings is 1. The Morgan fingerprint density at radius 2 is 2.04 bits per heavy atom. The van der Waals surface area contributed by atoms with Crippen molar-refractivity contribution in [1.29, 1.82) is 0 Å². The fourth-order valence-corrected chi connectivity index (χ4v) is 5.15. The van der Waals surface area contributed by atoms with Crippen molar-refractivity contribution in [3.05, 3.63) is 18.2 Å². The first-order valence-electron chi connectivity index (χ1n) is 8.55. The maximum atomic E-state index is 12.1. The molecule has 1 saturated heterocycles. The number of sulfone groups is 1. The molecule has 0 aliphatic carbocycles. The van der Waals surface area contributed by atoms with E-state index in [-0.39, 0.29) is 17.3 Å². The molecule has 2 aliphatic heterocycles. The summed E-state index contributed by atoms with van der Waals surface area (Å²) in [6.45, 7) is 2.46. The van der Waals surface area contributed by atoms with Gasteiger partial charge in [-0.25, -0.2) is 8.42 Å². The average Bonchev–Trinajstić information content (AvgIpc) is 2.98. The van der Waals surface area contributed by atoms with Crippen molar-refractivity contribution < 1.29 is 32.2 Å². The van der Waals surface area contributed by atoms with E-state index in [0.717, 1.165) is 4.90 Å². The van der Waals surface area contributed by atoms with Crippen molar-refractivity contribution in [2.24, 2.45) is 0 Å². The maximum Gasteiger partial charge on any atom is 0.317 e. The van der Waals surface area contributed by atoms with Crippen molar-refractivity contribution in [2.45, 2.75) is 30.4 Å². The second-order valence-corrected chi connectivity index (χ2v) is 9.61. The van der Waals surface area contributed by atoms with Crippen molar-refractivity contribution in [1.82, 2.24) is 5.32 Å². The Hall–Kier alpha value is -1.94. The highest BCUT2D eigenvalue weighted by Crippen LogP contribution is 2.34. The molecule has 1 aromatic rings. The van der Waals surface area contributed by atoms with Crippen LogP contribution in [0.15, 0.2) is 23.1 Å². The predicted molar refractivity (Wildman–Crippen MR) is 98.9 cm³/mol. The van der Waals surface area contributed by atoms with Crippen LogP contribution in [-0.2, 0) is 24.2 Å². The third-order valence-electron chi connectivity index (χ3n) is 4.13. The number of nitrogens with one attached hydrogen (secondary N) is 1. The summed E-state index contributed by atoms with van der Waals surface area (Å²) in [7, 11) is -3.08. The van der Waals surface area contributed by atoms with Gasteiger partial charge in [0, 0.05) is 10.9 Å². The van der Waals surface area contributed by atoms with E-state index in [9.17, 15) is 18.0 Å². The number of fused-ring (bicyclic) bond motifs is 1. The van der Waals surface area contributed by atoms with Crippen molar-refractivity contribution in [3.8, 4) is 11.5 Å². The predicted octanol–water partition coefficient (Wildman–Crippen LogP) is 0.785. The number of carbonyl (C=O) groups is 2. The summed E-state index contributed by atoms with van der Waals surface area (Å²) in [5, 5.41) is 2.62. The maximum absolute atomic E-state index is 12.1. The molecule has 8 nitrogen and oxygen atoms in total. The molecular formula is C17H21NO7S2. The van der Waals surface area contributed by atoms with Crippen LogP contribution in [0.2, 0.25) is 0 Å². The number of amides is 1. The number of hydrogen-bond acceptors (Lipinski definition) is 8. The Balaban J connectivity index is 1.44. The highest BCUT2D eigenvalue weighted by molar-refractivity contribution is 8.00. The summed E-state index contributed by atoms with van der Waals surface area (Å²) in [6, 6.07) is 4.98. The quantitative estimate of drug-likeness (QED) is 0.537. The molecule has 3 rings (SSSR count). The summed E-state index contributed by atoms with van der Waals surface area (Å²) in [6.07, 6.45) is -0.601. The van der Waals surface area contributed by atoms with E-state index in [2.05, 4.69) is 5.32 Å². The van der Waals surface area contributed by atoms with Gasteiger partial charge in [-0.15, -0.1) is 11.8 Å². The number of rotatable bonds is 6. The molecule has 2 aliphatic rings. The van der Waals surface area contributed by atoms with Gasteiger partial charge >= 0.3 is 5.97 Å².